The van der Waals surface area contributed by atoms with Gasteiger partial charge in [0.1, 0.15) is 5.82 Å². The highest BCUT2D eigenvalue weighted by Crippen LogP contribution is 2.32. The molecule has 1 heterocycles. The number of anilines is 1. The summed E-state index contributed by atoms with van der Waals surface area (Å²) >= 11 is 0. The summed E-state index contributed by atoms with van der Waals surface area (Å²) < 4.78 is 1.71. The first-order valence-electron chi connectivity index (χ1n) is 7.70. The molecular formula is C17H21N3O2. The summed E-state index contributed by atoms with van der Waals surface area (Å²) in [5, 5.41) is 17.5. The van der Waals surface area contributed by atoms with E-state index in [2.05, 4.69) is 10.4 Å². The zero-order valence-corrected chi connectivity index (χ0v) is 12.7. The molecule has 0 bridgehead atoms. The third-order valence-electron chi connectivity index (χ3n) is 4.28. The van der Waals surface area contributed by atoms with Crippen LogP contribution < -0.4 is 5.32 Å². The lowest BCUT2D eigenvalue weighted by Crippen LogP contribution is -2.31. The lowest BCUT2D eigenvalue weighted by Gasteiger charge is -2.21. The second-order valence-electron chi connectivity index (χ2n) is 6.07. The van der Waals surface area contributed by atoms with Crippen molar-refractivity contribution in [3.8, 4) is 5.69 Å². The number of aromatic nitrogens is 2. The van der Waals surface area contributed by atoms with Gasteiger partial charge in [-0.3, -0.25) is 4.79 Å². The highest BCUT2D eigenvalue weighted by Gasteiger charge is 2.33. The molecule has 0 radical (unpaired) electrons. The Bertz CT molecular complexity index is 672. The Balaban J connectivity index is 1.75. The molecule has 2 aromatic rings. The van der Waals surface area contributed by atoms with Crippen molar-refractivity contribution in [2.24, 2.45) is 0 Å². The van der Waals surface area contributed by atoms with Crippen LogP contribution in [0.2, 0.25) is 0 Å². The third kappa shape index (κ3) is 3.04. The number of aliphatic hydroxyl groups is 1. The van der Waals surface area contributed by atoms with E-state index in [9.17, 15) is 9.90 Å². The fourth-order valence-electron chi connectivity index (χ4n) is 3.09. The second kappa shape index (κ2) is 5.93. The van der Waals surface area contributed by atoms with Gasteiger partial charge >= 0.3 is 0 Å². The minimum absolute atomic E-state index is 0.145. The fourth-order valence-corrected chi connectivity index (χ4v) is 3.09. The molecule has 5 heteroatoms. The van der Waals surface area contributed by atoms with E-state index in [1.165, 1.54) is 0 Å². The molecule has 1 amide bonds. The Morgan fingerprint density at radius 2 is 2.05 bits per heavy atom. The quantitative estimate of drug-likeness (QED) is 0.912. The molecule has 0 unspecified atom stereocenters. The number of benzene rings is 1. The van der Waals surface area contributed by atoms with Crippen LogP contribution in [0.4, 0.5) is 5.82 Å². The summed E-state index contributed by atoms with van der Waals surface area (Å²) in [5.74, 6) is 0.459. The predicted octanol–water partition coefficient (Wildman–Crippen LogP) is 2.81. The van der Waals surface area contributed by atoms with E-state index in [0.29, 0.717) is 18.7 Å². The number of hydrogen-bond donors (Lipinski definition) is 2. The molecule has 5 nitrogen and oxygen atoms in total. The van der Waals surface area contributed by atoms with Crippen molar-refractivity contribution in [3.63, 3.8) is 0 Å². The van der Waals surface area contributed by atoms with Crippen LogP contribution in [0.3, 0.4) is 0 Å². The molecule has 1 aromatic heterocycles. The number of hydrogen-bond acceptors (Lipinski definition) is 3. The van der Waals surface area contributed by atoms with Gasteiger partial charge in [-0.15, -0.1) is 0 Å². The largest absolute Gasteiger partial charge is 0.389 e. The summed E-state index contributed by atoms with van der Waals surface area (Å²) in [6.45, 7) is 2.00. The molecule has 0 atom stereocenters. The molecule has 22 heavy (non-hydrogen) atoms. The van der Waals surface area contributed by atoms with Crippen LogP contribution in [-0.4, -0.2) is 26.4 Å². The maximum Gasteiger partial charge on any atom is 0.228 e. The minimum atomic E-state index is -0.836. The summed E-state index contributed by atoms with van der Waals surface area (Å²) in [5.41, 5.74) is 1.18. The van der Waals surface area contributed by atoms with E-state index in [4.69, 9.17) is 0 Å². The Morgan fingerprint density at radius 3 is 2.77 bits per heavy atom. The molecular weight excluding hydrogens is 278 g/mol. The van der Waals surface area contributed by atoms with Gasteiger partial charge < -0.3 is 10.4 Å². The van der Waals surface area contributed by atoms with Gasteiger partial charge in [-0.05, 0) is 31.4 Å². The van der Waals surface area contributed by atoms with Gasteiger partial charge in [-0.2, -0.15) is 5.10 Å². The maximum atomic E-state index is 12.2. The number of rotatable bonds is 4. The Hall–Kier alpha value is -2.14. The zero-order valence-electron chi connectivity index (χ0n) is 12.7. The Kier molecular flexibility index (Phi) is 3.98. The van der Waals surface area contributed by atoms with E-state index in [1.54, 1.807) is 16.9 Å². The Morgan fingerprint density at radius 1 is 1.32 bits per heavy atom. The van der Waals surface area contributed by atoms with Gasteiger partial charge in [0.25, 0.3) is 0 Å². The van der Waals surface area contributed by atoms with Gasteiger partial charge in [-0.1, -0.05) is 31.0 Å². The predicted molar refractivity (Wildman–Crippen MR) is 85.0 cm³/mol. The fraction of sp³-hybridized carbons (Fsp3) is 0.412. The van der Waals surface area contributed by atoms with Crippen LogP contribution in [0, 0.1) is 6.92 Å². The summed E-state index contributed by atoms with van der Waals surface area (Å²) in [6, 6.07) is 9.64. The minimum Gasteiger partial charge on any atom is -0.389 e. The summed E-state index contributed by atoms with van der Waals surface area (Å²) in [7, 11) is 0. The molecule has 1 aromatic carbocycles. The molecule has 1 aliphatic rings. The first-order valence-corrected chi connectivity index (χ1v) is 7.70. The van der Waals surface area contributed by atoms with E-state index in [0.717, 1.165) is 24.1 Å². The summed E-state index contributed by atoms with van der Waals surface area (Å²) in [4.78, 5) is 12.2. The van der Waals surface area contributed by atoms with Crippen LogP contribution in [-0.2, 0) is 4.79 Å². The van der Waals surface area contributed by atoms with E-state index in [1.807, 2.05) is 31.2 Å². The molecule has 0 saturated heterocycles. The van der Waals surface area contributed by atoms with Gasteiger partial charge in [0.15, 0.2) is 0 Å². The average Bonchev–Trinajstić information content (AvgIpc) is 3.09. The smallest absolute Gasteiger partial charge is 0.228 e. The molecule has 2 N–H and O–H groups in total. The van der Waals surface area contributed by atoms with E-state index < -0.39 is 5.60 Å². The lowest BCUT2D eigenvalue weighted by molar-refractivity contribution is -0.120. The molecule has 1 saturated carbocycles. The second-order valence-corrected chi connectivity index (χ2v) is 6.07. The normalized spacial score (nSPS) is 16.6. The number of para-hydroxylation sites is 1. The molecule has 1 aliphatic carbocycles. The van der Waals surface area contributed by atoms with Gasteiger partial charge in [0.05, 0.1) is 23.9 Å². The number of aryl methyl sites for hydroxylation is 1. The van der Waals surface area contributed by atoms with E-state index >= 15 is 0 Å². The van der Waals surface area contributed by atoms with Crippen molar-refractivity contribution in [1.82, 2.24) is 9.78 Å². The number of amides is 1. The third-order valence-corrected chi connectivity index (χ3v) is 4.28. The lowest BCUT2D eigenvalue weighted by atomic mass is 9.98. The highest BCUT2D eigenvalue weighted by atomic mass is 16.3. The molecule has 0 spiro atoms. The van der Waals surface area contributed by atoms with Crippen LogP contribution in [0.15, 0.2) is 36.5 Å². The van der Waals surface area contributed by atoms with E-state index in [-0.39, 0.29) is 12.3 Å². The first-order chi connectivity index (χ1) is 10.6. The number of carbonyl (C=O) groups excluding carboxylic acids is 1. The standard InChI is InChI=1S/C17H21N3O2/c1-13-6-2-3-7-14(13)20-15(8-11-18-20)19-16(21)12-17(22)9-4-5-10-17/h2-3,6-8,11,22H,4-5,9-10,12H2,1H3,(H,19,21). The molecule has 1 fully saturated rings. The van der Waals surface area contributed by atoms with Crippen LogP contribution in [0.5, 0.6) is 0 Å². The number of nitrogens with zero attached hydrogens (tertiary/aromatic N) is 2. The number of carbonyl (C=O) groups is 1. The monoisotopic (exact) mass is 299 g/mol. The first kappa shape index (κ1) is 14.8. The Labute approximate surface area is 130 Å². The van der Waals surface area contributed by atoms with Gasteiger partial charge in [-0.25, -0.2) is 4.68 Å². The van der Waals surface area contributed by atoms with Crippen molar-refractivity contribution in [3.05, 3.63) is 42.1 Å². The molecule has 116 valence electrons. The zero-order chi connectivity index (χ0) is 15.6. The van der Waals surface area contributed by atoms with Crippen molar-refractivity contribution in [1.29, 1.82) is 0 Å². The van der Waals surface area contributed by atoms with Crippen molar-refractivity contribution >= 4 is 11.7 Å². The van der Waals surface area contributed by atoms with Crippen molar-refractivity contribution < 1.29 is 9.90 Å². The van der Waals surface area contributed by atoms with Crippen LogP contribution in [0.25, 0.3) is 5.69 Å². The molecule has 0 aliphatic heterocycles. The van der Waals surface area contributed by atoms with Crippen molar-refractivity contribution in [2.45, 2.75) is 44.6 Å². The van der Waals surface area contributed by atoms with Crippen LogP contribution in [0.1, 0.15) is 37.7 Å². The van der Waals surface area contributed by atoms with Crippen molar-refractivity contribution in [2.75, 3.05) is 5.32 Å². The maximum absolute atomic E-state index is 12.2. The average molecular weight is 299 g/mol. The number of nitrogens with one attached hydrogen (secondary N) is 1. The SMILES string of the molecule is Cc1ccccc1-n1nccc1NC(=O)CC1(O)CCCC1. The summed E-state index contributed by atoms with van der Waals surface area (Å²) in [6.07, 6.45) is 5.20. The van der Waals surface area contributed by atoms with Crippen LogP contribution >= 0.6 is 0 Å². The van der Waals surface area contributed by atoms with Gasteiger partial charge in [0.2, 0.25) is 5.91 Å². The highest BCUT2D eigenvalue weighted by molar-refractivity contribution is 5.90. The molecule has 3 rings (SSSR count). The van der Waals surface area contributed by atoms with Gasteiger partial charge in [0, 0.05) is 6.07 Å². The topological polar surface area (TPSA) is 67.2 Å².